The third-order valence-electron chi connectivity index (χ3n) is 5.79. The van der Waals surface area contributed by atoms with Crippen molar-refractivity contribution >= 4 is 46.8 Å². The lowest BCUT2D eigenvalue weighted by Gasteiger charge is -2.10. The monoisotopic (exact) mass is 577 g/mol. The van der Waals surface area contributed by atoms with Crippen LogP contribution in [0, 0.1) is 27.2 Å². The maximum Gasteiger partial charge on any atom is 0.318 e. The van der Waals surface area contributed by atoms with Crippen molar-refractivity contribution in [2.75, 3.05) is 16.1 Å². The summed E-state index contributed by atoms with van der Waals surface area (Å²) < 4.78 is 5.67. The van der Waals surface area contributed by atoms with Gasteiger partial charge in [0.1, 0.15) is 5.75 Å². The Labute approximate surface area is 244 Å². The summed E-state index contributed by atoms with van der Waals surface area (Å²) >= 11 is 0. The lowest BCUT2D eigenvalue weighted by atomic mass is 10.2. The minimum atomic E-state index is -0.741. The number of hydrazone groups is 1. The molecule has 1 heterocycles. The molecule has 1 aromatic heterocycles. The number of ether oxygens (including phenoxy) is 1. The molecule has 14 heteroatoms. The van der Waals surface area contributed by atoms with Crippen LogP contribution in [0.1, 0.15) is 11.1 Å². The maximum absolute atomic E-state index is 11.4. The van der Waals surface area contributed by atoms with Gasteiger partial charge in [-0.25, -0.2) is 5.43 Å². The minimum absolute atomic E-state index is 0.139. The van der Waals surface area contributed by atoms with Crippen LogP contribution in [-0.2, 0) is 0 Å². The molecule has 3 N–H and O–H groups in total. The van der Waals surface area contributed by atoms with E-state index in [0.717, 1.165) is 29.1 Å². The number of para-hydroxylation sites is 1. The van der Waals surface area contributed by atoms with Crippen molar-refractivity contribution in [3.63, 3.8) is 0 Å². The van der Waals surface area contributed by atoms with E-state index >= 15 is 0 Å². The molecule has 4 aromatic carbocycles. The Bertz CT molecular complexity index is 1800. The molecule has 0 unspecified atom stereocenters. The molecule has 0 fully saturated rings. The zero-order chi connectivity index (χ0) is 30.2. The topological polar surface area (TPSA) is 183 Å². The molecule has 14 nitrogen and oxygen atoms in total. The van der Waals surface area contributed by atoms with E-state index in [2.05, 4.69) is 36.1 Å². The summed E-state index contributed by atoms with van der Waals surface area (Å²) in [5.41, 5.74) is 5.14. The number of aryl methyl sites for hydroxylation is 1. The highest BCUT2D eigenvalue weighted by Gasteiger charge is 2.21. The molecule has 0 saturated carbocycles. The molecule has 0 spiro atoms. The zero-order valence-corrected chi connectivity index (χ0v) is 22.5. The van der Waals surface area contributed by atoms with Crippen molar-refractivity contribution in [2.24, 2.45) is 5.10 Å². The van der Waals surface area contributed by atoms with E-state index in [0.29, 0.717) is 5.56 Å². The number of aromatic nitrogens is 3. The molecule has 0 amide bonds. The number of nitro benzene ring substituents is 2. The van der Waals surface area contributed by atoms with Gasteiger partial charge in [0.15, 0.2) is 0 Å². The third-order valence-corrected chi connectivity index (χ3v) is 5.79. The van der Waals surface area contributed by atoms with Crippen LogP contribution in [0.4, 0.5) is 40.6 Å². The lowest BCUT2D eigenvalue weighted by Crippen LogP contribution is -2.07. The molecule has 5 aromatic rings. The summed E-state index contributed by atoms with van der Waals surface area (Å²) in [6, 6.07) is 26.9. The number of nitrogens with one attached hydrogen (secondary N) is 3. The molecule has 5 rings (SSSR count). The van der Waals surface area contributed by atoms with Crippen molar-refractivity contribution in [1.29, 1.82) is 0 Å². The van der Waals surface area contributed by atoms with Gasteiger partial charge in [-0.1, -0.05) is 48.0 Å². The van der Waals surface area contributed by atoms with Gasteiger partial charge in [0, 0.05) is 17.4 Å². The second-order valence-corrected chi connectivity index (χ2v) is 9.00. The van der Waals surface area contributed by atoms with Gasteiger partial charge in [0.2, 0.25) is 23.6 Å². The largest absolute Gasteiger partial charge is 0.450 e. The predicted octanol–water partition coefficient (Wildman–Crippen LogP) is 6.72. The Hall–Kier alpha value is -6.44. The number of hydrogen-bond acceptors (Lipinski definition) is 12. The molecule has 0 aliphatic rings. The molecule has 0 radical (unpaired) electrons. The van der Waals surface area contributed by atoms with Crippen molar-refractivity contribution in [3.05, 3.63) is 128 Å². The third kappa shape index (κ3) is 7.61. The Morgan fingerprint density at radius 1 is 0.744 bits per heavy atom. The molecular formula is C29H23N9O5. The van der Waals surface area contributed by atoms with E-state index in [9.17, 15) is 20.2 Å². The van der Waals surface area contributed by atoms with Crippen LogP contribution in [0.3, 0.4) is 0 Å². The maximum atomic E-state index is 11.4. The van der Waals surface area contributed by atoms with E-state index in [1.165, 1.54) is 12.3 Å². The van der Waals surface area contributed by atoms with Crippen LogP contribution in [-0.4, -0.2) is 31.0 Å². The van der Waals surface area contributed by atoms with E-state index in [1.54, 1.807) is 24.3 Å². The van der Waals surface area contributed by atoms with Crippen LogP contribution in [0.5, 0.6) is 11.5 Å². The van der Waals surface area contributed by atoms with E-state index in [4.69, 9.17) is 4.74 Å². The summed E-state index contributed by atoms with van der Waals surface area (Å²) in [7, 11) is 0. The van der Waals surface area contributed by atoms with Crippen LogP contribution >= 0.6 is 0 Å². The minimum Gasteiger partial charge on any atom is -0.450 e. The molecule has 0 bridgehead atoms. The summed E-state index contributed by atoms with van der Waals surface area (Å²) in [6.07, 6.45) is 1.48. The number of hydrogen-bond donors (Lipinski definition) is 3. The zero-order valence-electron chi connectivity index (χ0n) is 22.5. The molecule has 0 saturated heterocycles. The fraction of sp³-hybridized carbons (Fsp3) is 0.0345. The predicted molar refractivity (Wildman–Crippen MR) is 161 cm³/mol. The fourth-order valence-corrected chi connectivity index (χ4v) is 3.75. The summed E-state index contributed by atoms with van der Waals surface area (Å²) in [4.78, 5) is 34.3. The normalized spacial score (nSPS) is 10.7. The number of anilines is 5. The highest BCUT2D eigenvalue weighted by Crippen LogP contribution is 2.34. The van der Waals surface area contributed by atoms with Gasteiger partial charge < -0.3 is 15.4 Å². The highest BCUT2D eigenvalue weighted by atomic mass is 16.6. The van der Waals surface area contributed by atoms with Crippen molar-refractivity contribution in [2.45, 2.75) is 6.92 Å². The van der Waals surface area contributed by atoms with Crippen molar-refractivity contribution in [1.82, 2.24) is 15.0 Å². The van der Waals surface area contributed by atoms with Gasteiger partial charge in [0.25, 0.3) is 5.69 Å². The van der Waals surface area contributed by atoms with Gasteiger partial charge in [-0.2, -0.15) is 20.1 Å². The molecule has 43 heavy (non-hydrogen) atoms. The number of nitro groups is 2. The van der Waals surface area contributed by atoms with Crippen LogP contribution in [0.2, 0.25) is 0 Å². The number of rotatable bonds is 11. The van der Waals surface area contributed by atoms with E-state index < -0.39 is 21.2 Å². The average Bonchev–Trinajstić information content (AvgIpc) is 2.99. The van der Waals surface area contributed by atoms with Crippen LogP contribution in [0.25, 0.3) is 0 Å². The summed E-state index contributed by atoms with van der Waals surface area (Å²) in [5.74, 6) is 0.858. The average molecular weight is 578 g/mol. The van der Waals surface area contributed by atoms with Crippen molar-refractivity contribution < 1.29 is 14.6 Å². The second-order valence-electron chi connectivity index (χ2n) is 9.00. The smallest absolute Gasteiger partial charge is 0.318 e. The Morgan fingerprint density at radius 3 is 2.09 bits per heavy atom. The van der Waals surface area contributed by atoms with Gasteiger partial charge in [-0.3, -0.25) is 20.2 Å². The van der Waals surface area contributed by atoms with Gasteiger partial charge in [-0.15, -0.1) is 0 Å². The SMILES string of the molecule is Cc1ccc(Nc2nc(N/N=C\c3cccc(Oc4ccc([N+](=O)[O-])cc4[N+](=O)[O-])c3)nc(Nc3ccccc3)n2)cc1. The first-order chi connectivity index (χ1) is 20.8. The Balaban J connectivity index is 1.34. The summed E-state index contributed by atoms with van der Waals surface area (Å²) in [6.45, 7) is 2.00. The molecular weight excluding hydrogens is 554 g/mol. The van der Waals surface area contributed by atoms with E-state index in [1.807, 2.05) is 61.5 Å². The molecule has 0 aliphatic carbocycles. The first-order valence-corrected chi connectivity index (χ1v) is 12.7. The first kappa shape index (κ1) is 28.1. The quantitative estimate of drug-likeness (QED) is 0.0860. The summed E-state index contributed by atoms with van der Waals surface area (Å²) in [5, 5.41) is 33.0. The Morgan fingerprint density at radius 2 is 1.42 bits per heavy atom. The number of non-ortho nitro benzene ring substituents is 1. The number of benzene rings is 4. The Kier molecular flexibility index (Phi) is 8.38. The van der Waals surface area contributed by atoms with Gasteiger partial charge in [0.05, 0.1) is 22.1 Å². The highest BCUT2D eigenvalue weighted by molar-refractivity contribution is 5.80. The van der Waals surface area contributed by atoms with E-state index in [-0.39, 0.29) is 29.3 Å². The van der Waals surface area contributed by atoms with Crippen LogP contribution < -0.4 is 20.8 Å². The van der Waals surface area contributed by atoms with Crippen molar-refractivity contribution in [3.8, 4) is 11.5 Å². The van der Waals surface area contributed by atoms with Crippen LogP contribution in [0.15, 0.2) is 102 Å². The first-order valence-electron chi connectivity index (χ1n) is 12.7. The molecule has 0 aliphatic heterocycles. The number of nitrogens with zero attached hydrogens (tertiary/aromatic N) is 6. The lowest BCUT2D eigenvalue weighted by molar-refractivity contribution is -0.394. The molecule has 214 valence electrons. The standard InChI is InChI=1S/C29H23N9O5/c1-19-10-12-22(13-11-19)32-28-33-27(31-21-7-3-2-4-8-21)34-29(35-28)36-30-18-20-6-5-9-24(16-20)43-26-15-14-23(37(39)40)17-25(26)38(41)42/h2-18H,1H3,(H3,31,32,33,34,35,36)/b30-18-. The second kappa shape index (κ2) is 12.8. The van der Waals surface area contributed by atoms with Gasteiger partial charge >= 0.3 is 5.69 Å². The fourth-order valence-electron chi connectivity index (χ4n) is 3.75. The van der Waals surface area contributed by atoms with Gasteiger partial charge in [-0.05, 0) is 55.0 Å². The molecule has 0 atom stereocenters.